The van der Waals surface area contributed by atoms with Crippen LogP contribution in [0.1, 0.15) is 36.8 Å². The lowest BCUT2D eigenvalue weighted by molar-refractivity contribution is -0.219. The van der Waals surface area contributed by atoms with E-state index in [9.17, 15) is 31.6 Å². The fourth-order valence-electron chi connectivity index (χ4n) is 5.17. The van der Waals surface area contributed by atoms with Gasteiger partial charge in [0.1, 0.15) is 29.8 Å². The first-order valence-electron chi connectivity index (χ1n) is 12.8. The number of esters is 1. The number of aryl methyl sites for hydroxylation is 1. The molecule has 3 aliphatic rings. The van der Waals surface area contributed by atoms with Crippen molar-refractivity contribution in [3.8, 4) is 28.6 Å². The molecule has 0 spiro atoms. The third kappa shape index (κ3) is 5.65. The number of alkyl halides is 3. The molecule has 15 heteroatoms. The summed E-state index contributed by atoms with van der Waals surface area (Å²) in [6, 6.07) is 8.17. The molecule has 2 saturated heterocycles. The van der Waals surface area contributed by atoms with Gasteiger partial charge in [0.25, 0.3) is 0 Å². The predicted octanol–water partition coefficient (Wildman–Crippen LogP) is 3.43. The molecular formula is C27H25F3N6O5S. The molecule has 1 saturated carbocycles. The Labute approximate surface area is 239 Å². The van der Waals surface area contributed by atoms with Gasteiger partial charge in [0.15, 0.2) is 0 Å². The molecule has 1 aliphatic carbocycles. The summed E-state index contributed by atoms with van der Waals surface area (Å²) in [6.07, 6.45) is 0.178. The Bertz CT molecular complexity index is 1680. The number of anilines is 1. The number of nitrogens with one attached hydrogen (secondary N) is 1. The Balaban J connectivity index is 1.37. The van der Waals surface area contributed by atoms with Crippen molar-refractivity contribution in [2.75, 3.05) is 18.9 Å². The molecule has 3 aromatic rings. The molecule has 4 heterocycles. The molecule has 3 fully saturated rings. The van der Waals surface area contributed by atoms with Gasteiger partial charge in [-0.1, -0.05) is 6.07 Å². The van der Waals surface area contributed by atoms with Gasteiger partial charge in [-0.3, -0.25) is 4.98 Å². The fourth-order valence-corrected chi connectivity index (χ4v) is 6.64. The van der Waals surface area contributed by atoms with Crippen LogP contribution in [0.25, 0.3) is 22.5 Å². The van der Waals surface area contributed by atoms with E-state index in [1.54, 1.807) is 19.1 Å². The summed E-state index contributed by atoms with van der Waals surface area (Å²) in [4.78, 5) is 23.9. The lowest BCUT2D eigenvalue weighted by Crippen LogP contribution is -2.64. The first-order chi connectivity index (χ1) is 19.8. The molecule has 0 unspecified atom stereocenters. The Morgan fingerprint density at radius 1 is 1.19 bits per heavy atom. The zero-order valence-electron chi connectivity index (χ0n) is 22.2. The number of ether oxygens (including phenoxy) is 2. The SMILES string of the molecule is Cc1ccc(S(=O)(=O)NC23CCC(COC(=O)C(F)(F)F)(CC2)OC3)cc1-c1cnc(N)c(-c2ccncc2C#N)n1. The summed E-state index contributed by atoms with van der Waals surface area (Å²) < 4.78 is 77.7. The number of nitrogens with two attached hydrogens (primary N) is 1. The predicted molar refractivity (Wildman–Crippen MR) is 142 cm³/mol. The smallest absolute Gasteiger partial charge is 0.456 e. The minimum absolute atomic E-state index is 0.0409. The van der Waals surface area contributed by atoms with Crippen molar-refractivity contribution in [1.29, 1.82) is 5.26 Å². The highest BCUT2D eigenvalue weighted by Gasteiger charge is 2.53. The highest BCUT2D eigenvalue weighted by molar-refractivity contribution is 7.89. The van der Waals surface area contributed by atoms with Gasteiger partial charge in [0.2, 0.25) is 10.0 Å². The zero-order valence-corrected chi connectivity index (χ0v) is 23.1. The van der Waals surface area contributed by atoms with Crippen LogP contribution in [0, 0.1) is 18.3 Å². The van der Waals surface area contributed by atoms with Crippen LogP contribution in [0.3, 0.4) is 0 Å². The third-order valence-corrected chi connectivity index (χ3v) is 9.19. The minimum atomic E-state index is -5.11. The number of hydrogen-bond donors (Lipinski definition) is 2. The van der Waals surface area contributed by atoms with Crippen LogP contribution in [0.15, 0.2) is 47.8 Å². The van der Waals surface area contributed by atoms with Crippen molar-refractivity contribution >= 4 is 21.8 Å². The maximum Gasteiger partial charge on any atom is 0.490 e. The molecule has 2 aromatic heterocycles. The molecule has 0 radical (unpaired) electrons. The number of hydrogen-bond acceptors (Lipinski definition) is 10. The monoisotopic (exact) mass is 602 g/mol. The van der Waals surface area contributed by atoms with Gasteiger partial charge in [-0.2, -0.15) is 18.4 Å². The van der Waals surface area contributed by atoms with Crippen LogP contribution in [-0.4, -0.2) is 59.9 Å². The lowest BCUT2D eigenvalue weighted by Gasteiger charge is -2.52. The summed E-state index contributed by atoms with van der Waals surface area (Å²) in [6.45, 7) is 1.13. The van der Waals surface area contributed by atoms with E-state index in [0.717, 1.165) is 0 Å². The number of rotatable bonds is 7. The van der Waals surface area contributed by atoms with Gasteiger partial charge in [-0.25, -0.2) is 27.9 Å². The number of nitriles is 1. The van der Waals surface area contributed by atoms with Crippen LogP contribution in [0.5, 0.6) is 0 Å². The Hall–Kier alpha value is -4.13. The quantitative estimate of drug-likeness (QED) is 0.382. The molecule has 6 rings (SSSR count). The summed E-state index contributed by atoms with van der Waals surface area (Å²) >= 11 is 0. The van der Waals surface area contributed by atoms with E-state index in [-0.39, 0.29) is 54.3 Å². The van der Waals surface area contributed by atoms with Crippen molar-refractivity contribution in [2.45, 2.75) is 54.8 Å². The normalized spacial score (nSPS) is 22.0. The van der Waals surface area contributed by atoms with Gasteiger partial charge in [-0.15, -0.1) is 0 Å². The fraction of sp³-hybridized carbons (Fsp3) is 0.370. The molecule has 42 heavy (non-hydrogen) atoms. The molecular weight excluding hydrogens is 577 g/mol. The van der Waals surface area contributed by atoms with Gasteiger partial charge in [0, 0.05) is 23.5 Å². The number of pyridine rings is 1. The molecule has 3 N–H and O–H groups in total. The standard InChI is InChI=1S/C27H25F3N6O5S/c1-16-2-3-18(10-20(16)21-13-34-23(32)22(35-21)19-4-9-33-12-17(19)11-31)42(38,39)36-25-5-7-26(8-6-25,41-14-25)15-40-24(37)27(28,29)30/h2-4,9-10,12-13,36H,5-8,14-15H2,1H3,(H2,32,34). The Kier molecular flexibility index (Phi) is 7.42. The summed E-state index contributed by atoms with van der Waals surface area (Å²) in [5.74, 6) is -2.20. The number of sulfonamides is 1. The minimum Gasteiger partial charge on any atom is -0.456 e. The second kappa shape index (κ2) is 10.6. The zero-order chi connectivity index (χ0) is 30.3. The highest BCUT2D eigenvalue weighted by atomic mass is 32.2. The number of benzene rings is 1. The molecule has 0 atom stereocenters. The van der Waals surface area contributed by atoms with E-state index in [2.05, 4.69) is 24.4 Å². The van der Waals surface area contributed by atoms with E-state index in [1.165, 1.54) is 30.7 Å². The van der Waals surface area contributed by atoms with E-state index >= 15 is 0 Å². The Morgan fingerprint density at radius 2 is 1.93 bits per heavy atom. The molecule has 2 aliphatic heterocycles. The van der Waals surface area contributed by atoms with Crippen molar-refractivity contribution in [3.05, 3.63) is 54.0 Å². The summed E-state index contributed by atoms with van der Waals surface area (Å²) in [7, 11) is -4.09. The van der Waals surface area contributed by atoms with E-state index < -0.39 is 39.9 Å². The second-order valence-corrected chi connectivity index (χ2v) is 12.1. The summed E-state index contributed by atoms with van der Waals surface area (Å²) in [5.41, 5.74) is 6.47. The van der Waals surface area contributed by atoms with Crippen molar-refractivity contribution in [1.82, 2.24) is 19.7 Å². The van der Waals surface area contributed by atoms with Gasteiger partial charge in [-0.05, 0) is 56.4 Å². The van der Waals surface area contributed by atoms with Crippen LogP contribution in [0.2, 0.25) is 0 Å². The van der Waals surface area contributed by atoms with Crippen LogP contribution >= 0.6 is 0 Å². The maximum absolute atomic E-state index is 13.5. The van der Waals surface area contributed by atoms with Gasteiger partial charge in [0.05, 0.1) is 34.5 Å². The molecule has 1 aromatic carbocycles. The number of nitrogens with zero attached hydrogens (tertiary/aromatic N) is 4. The largest absolute Gasteiger partial charge is 0.490 e. The molecule has 0 amide bonds. The number of nitrogen functional groups attached to an aromatic ring is 1. The van der Waals surface area contributed by atoms with Gasteiger partial charge >= 0.3 is 12.1 Å². The maximum atomic E-state index is 13.5. The summed E-state index contributed by atoms with van der Waals surface area (Å²) in [5, 5.41) is 9.48. The molecule has 2 bridgehead atoms. The van der Waals surface area contributed by atoms with Crippen molar-refractivity contribution < 1.29 is 35.9 Å². The van der Waals surface area contributed by atoms with Crippen LogP contribution in [-0.2, 0) is 24.3 Å². The highest BCUT2D eigenvalue weighted by Crippen LogP contribution is 2.45. The Morgan fingerprint density at radius 3 is 2.57 bits per heavy atom. The number of halogens is 3. The topological polar surface area (TPSA) is 170 Å². The number of aromatic nitrogens is 3. The van der Waals surface area contributed by atoms with Crippen molar-refractivity contribution in [3.63, 3.8) is 0 Å². The van der Waals surface area contributed by atoms with Crippen LogP contribution in [0.4, 0.5) is 19.0 Å². The number of carbonyl (C=O) groups excluding carboxylic acids is 1. The molecule has 220 valence electrons. The first kappa shape index (κ1) is 29.4. The lowest BCUT2D eigenvalue weighted by atomic mass is 9.72. The van der Waals surface area contributed by atoms with Gasteiger partial charge < -0.3 is 15.2 Å². The van der Waals surface area contributed by atoms with E-state index in [4.69, 9.17) is 10.5 Å². The number of fused-ring (bicyclic) bond motifs is 3. The first-order valence-corrected chi connectivity index (χ1v) is 14.2. The van der Waals surface area contributed by atoms with E-state index in [0.29, 0.717) is 22.4 Å². The van der Waals surface area contributed by atoms with E-state index in [1.807, 2.05) is 6.07 Å². The average Bonchev–Trinajstić information content (AvgIpc) is 2.96. The van der Waals surface area contributed by atoms with Crippen molar-refractivity contribution in [2.24, 2.45) is 0 Å². The molecule has 11 nitrogen and oxygen atoms in total. The second-order valence-electron chi connectivity index (χ2n) is 10.4. The average molecular weight is 603 g/mol. The van der Waals surface area contributed by atoms with Crippen LogP contribution < -0.4 is 10.5 Å². The third-order valence-electron chi connectivity index (χ3n) is 7.61. The number of carbonyl (C=O) groups is 1.